The molecule has 1 amide bonds. The SMILES string of the molecule is COc1ccc2[nH]cc(CCNC(=O)C3=CC(c4ccc5c(c4)OCO5)CC(OCc4ccc(CO)cc4)O3)c2c1. The van der Waals surface area contributed by atoms with E-state index in [1.54, 1.807) is 7.11 Å². The molecule has 41 heavy (non-hydrogen) atoms. The maximum atomic E-state index is 13.3. The molecule has 3 N–H and O–H groups in total. The van der Waals surface area contributed by atoms with Crippen LogP contribution >= 0.6 is 0 Å². The molecule has 0 radical (unpaired) electrons. The highest BCUT2D eigenvalue weighted by atomic mass is 16.7. The number of amides is 1. The third-order valence-corrected chi connectivity index (χ3v) is 7.40. The zero-order valence-corrected chi connectivity index (χ0v) is 22.7. The van der Waals surface area contributed by atoms with Crippen molar-refractivity contribution in [2.24, 2.45) is 0 Å². The van der Waals surface area contributed by atoms with E-state index >= 15 is 0 Å². The van der Waals surface area contributed by atoms with Gasteiger partial charge in [-0.15, -0.1) is 0 Å². The molecule has 1 aromatic heterocycles. The van der Waals surface area contributed by atoms with Crippen molar-refractivity contribution in [1.29, 1.82) is 0 Å². The van der Waals surface area contributed by atoms with Crippen LogP contribution in [0.2, 0.25) is 0 Å². The van der Waals surface area contributed by atoms with Gasteiger partial charge >= 0.3 is 0 Å². The molecular formula is C32H32N2O7. The van der Waals surface area contributed by atoms with E-state index in [-0.39, 0.29) is 31.0 Å². The summed E-state index contributed by atoms with van der Waals surface area (Å²) in [4.78, 5) is 16.6. The number of aliphatic hydroxyl groups is 1. The van der Waals surface area contributed by atoms with Crippen LogP contribution in [0.25, 0.3) is 10.9 Å². The molecule has 3 aromatic carbocycles. The van der Waals surface area contributed by atoms with Crippen LogP contribution in [0.15, 0.2) is 78.7 Å². The largest absolute Gasteiger partial charge is 0.497 e. The van der Waals surface area contributed by atoms with Crippen molar-refractivity contribution in [2.75, 3.05) is 20.4 Å². The molecular weight excluding hydrogens is 524 g/mol. The van der Waals surface area contributed by atoms with Crippen molar-refractivity contribution < 1.29 is 33.6 Å². The number of aromatic nitrogens is 1. The highest BCUT2D eigenvalue weighted by Gasteiger charge is 2.30. The smallest absolute Gasteiger partial charge is 0.286 e. The van der Waals surface area contributed by atoms with Gasteiger partial charge in [-0.25, -0.2) is 0 Å². The number of H-pyrrole nitrogens is 1. The monoisotopic (exact) mass is 556 g/mol. The number of carbonyl (C=O) groups excluding carboxylic acids is 1. The lowest BCUT2D eigenvalue weighted by Crippen LogP contribution is -2.33. The van der Waals surface area contributed by atoms with Gasteiger partial charge in [0, 0.05) is 36.0 Å². The number of hydrogen-bond donors (Lipinski definition) is 3. The summed E-state index contributed by atoms with van der Waals surface area (Å²) >= 11 is 0. The van der Waals surface area contributed by atoms with Crippen LogP contribution in [-0.4, -0.2) is 42.7 Å². The minimum absolute atomic E-state index is 0.0121. The predicted molar refractivity (Wildman–Crippen MR) is 152 cm³/mol. The van der Waals surface area contributed by atoms with Crippen molar-refractivity contribution in [1.82, 2.24) is 10.3 Å². The Morgan fingerprint density at radius 2 is 1.88 bits per heavy atom. The summed E-state index contributed by atoms with van der Waals surface area (Å²) < 4.78 is 28.6. The Morgan fingerprint density at radius 3 is 2.71 bits per heavy atom. The molecule has 0 fully saturated rings. The Hall–Kier alpha value is -4.47. The quantitative estimate of drug-likeness (QED) is 0.260. The molecule has 9 heteroatoms. The summed E-state index contributed by atoms with van der Waals surface area (Å²) in [6.45, 7) is 0.923. The highest BCUT2D eigenvalue weighted by Crippen LogP contribution is 2.38. The number of rotatable bonds is 10. The maximum absolute atomic E-state index is 13.3. The summed E-state index contributed by atoms with van der Waals surface area (Å²) in [6.07, 6.45) is 4.34. The lowest BCUT2D eigenvalue weighted by atomic mass is 9.92. The van der Waals surface area contributed by atoms with E-state index in [2.05, 4.69) is 10.3 Å². The zero-order valence-electron chi connectivity index (χ0n) is 22.7. The van der Waals surface area contributed by atoms with Crippen molar-refractivity contribution in [3.05, 3.63) is 101 Å². The number of ether oxygens (including phenoxy) is 5. The number of allylic oxidation sites excluding steroid dienone is 1. The molecule has 3 heterocycles. The Balaban J connectivity index is 1.15. The van der Waals surface area contributed by atoms with E-state index in [0.29, 0.717) is 37.5 Å². The molecule has 9 nitrogen and oxygen atoms in total. The van der Waals surface area contributed by atoms with Gasteiger partial charge in [0.1, 0.15) is 5.75 Å². The normalized spacial score (nSPS) is 17.7. The van der Waals surface area contributed by atoms with Crippen LogP contribution in [0.1, 0.15) is 34.6 Å². The average molecular weight is 557 g/mol. The van der Waals surface area contributed by atoms with Crippen LogP contribution in [0.3, 0.4) is 0 Å². The maximum Gasteiger partial charge on any atom is 0.286 e. The fourth-order valence-corrected chi connectivity index (χ4v) is 5.11. The molecule has 2 aliphatic heterocycles. The topological polar surface area (TPSA) is 111 Å². The summed E-state index contributed by atoms with van der Waals surface area (Å²) in [5, 5.41) is 13.4. The van der Waals surface area contributed by atoms with E-state index in [1.807, 2.05) is 72.9 Å². The van der Waals surface area contributed by atoms with E-state index < -0.39 is 6.29 Å². The second kappa shape index (κ2) is 12.0. The van der Waals surface area contributed by atoms with Crippen LogP contribution in [0, 0.1) is 0 Å². The van der Waals surface area contributed by atoms with Gasteiger partial charge in [0.2, 0.25) is 13.1 Å². The van der Waals surface area contributed by atoms with Crippen molar-refractivity contribution >= 4 is 16.8 Å². The van der Waals surface area contributed by atoms with E-state index in [0.717, 1.165) is 38.9 Å². The molecule has 2 atom stereocenters. The van der Waals surface area contributed by atoms with E-state index in [4.69, 9.17) is 23.7 Å². The lowest BCUT2D eigenvalue weighted by molar-refractivity contribution is -0.150. The van der Waals surface area contributed by atoms with Crippen molar-refractivity contribution in [3.8, 4) is 17.2 Å². The highest BCUT2D eigenvalue weighted by molar-refractivity contribution is 5.92. The fourth-order valence-electron chi connectivity index (χ4n) is 5.11. The number of carbonyl (C=O) groups is 1. The number of aliphatic hydroxyl groups excluding tert-OH is 1. The minimum atomic E-state index is -0.630. The van der Waals surface area contributed by atoms with Gasteiger partial charge in [-0.05, 0) is 65.1 Å². The second-order valence-corrected chi connectivity index (χ2v) is 10.1. The first kappa shape index (κ1) is 26.7. The summed E-state index contributed by atoms with van der Waals surface area (Å²) in [7, 11) is 1.65. The summed E-state index contributed by atoms with van der Waals surface area (Å²) in [5.41, 5.74) is 4.87. The van der Waals surface area contributed by atoms with E-state index in [1.165, 1.54) is 0 Å². The third kappa shape index (κ3) is 6.01. The zero-order chi connectivity index (χ0) is 28.2. The Labute approximate surface area is 237 Å². The standard InChI is InChI=1S/C32H32N2O7/c1-37-25-7-8-27-26(15-25)23(16-34-27)10-11-33-32(36)30-13-24(22-6-9-28-29(12-22)40-19-39-28)14-31(41-30)38-18-21-4-2-20(17-35)3-5-21/h2-9,12-13,15-16,24,31,34-35H,10-11,14,17-19H2,1H3,(H,33,36). The number of methoxy groups -OCH3 is 1. The third-order valence-electron chi connectivity index (χ3n) is 7.40. The van der Waals surface area contributed by atoms with Gasteiger partial charge in [0.25, 0.3) is 5.91 Å². The molecule has 0 saturated heterocycles. The van der Waals surface area contributed by atoms with Gasteiger partial charge in [0.15, 0.2) is 17.3 Å². The lowest BCUT2D eigenvalue weighted by Gasteiger charge is -2.29. The predicted octanol–water partition coefficient (Wildman–Crippen LogP) is 4.69. The molecule has 4 aromatic rings. The number of benzene rings is 3. The van der Waals surface area contributed by atoms with Gasteiger partial charge in [-0.3, -0.25) is 4.79 Å². The van der Waals surface area contributed by atoms with Gasteiger partial charge in [-0.2, -0.15) is 0 Å². The molecule has 6 rings (SSSR count). The van der Waals surface area contributed by atoms with Gasteiger partial charge in [-0.1, -0.05) is 30.3 Å². The molecule has 0 aliphatic carbocycles. The van der Waals surface area contributed by atoms with E-state index in [9.17, 15) is 9.90 Å². The first-order valence-electron chi connectivity index (χ1n) is 13.6. The number of hydrogen-bond acceptors (Lipinski definition) is 7. The second-order valence-electron chi connectivity index (χ2n) is 10.1. The van der Waals surface area contributed by atoms with Crippen molar-refractivity contribution in [2.45, 2.75) is 38.3 Å². The fraction of sp³-hybridized carbons (Fsp3) is 0.281. The van der Waals surface area contributed by atoms with Crippen LogP contribution in [0.5, 0.6) is 17.2 Å². The van der Waals surface area contributed by atoms with Gasteiger partial charge in [0.05, 0.1) is 20.3 Å². The first-order valence-corrected chi connectivity index (χ1v) is 13.6. The van der Waals surface area contributed by atoms with Gasteiger partial charge < -0.3 is 39.1 Å². The number of fused-ring (bicyclic) bond motifs is 2. The Kier molecular flexibility index (Phi) is 7.80. The van der Waals surface area contributed by atoms with Crippen molar-refractivity contribution in [3.63, 3.8) is 0 Å². The first-order chi connectivity index (χ1) is 20.1. The minimum Gasteiger partial charge on any atom is -0.497 e. The van der Waals surface area contributed by atoms with Crippen LogP contribution < -0.4 is 19.5 Å². The Morgan fingerprint density at radius 1 is 1.05 bits per heavy atom. The Bertz CT molecular complexity index is 1560. The van der Waals surface area contributed by atoms with Crippen LogP contribution in [-0.2, 0) is 33.9 Å². The molecule has 2 unspecified atom stereocenters. The molecule has 0 spiro atoms. The number of nitrogens with one attached hydrogen (secondary N) is 2. The molecule has 0 saturated carbocycles. The average Bonchev–Trinajstić information content (AvgIpc) is 3.66. The molecule has 2 aliphatic rings. The summed E-state index contributed by atoms with van der Waals surface area (Å²) in [6, 6.07) is 19.2. The molecule has 0 bridgehead atoms. The molecule has 212 valence electrons. The summed E-state index contributed by atoms with van der Waals surface area (Å²) in [5.74, 6) is 1.98. The number of aromatic amines is 1. The van der Waals surface area contributed by atoms with Crippen LogP contribution in [0.4, 0.5) is 0 Å².